The molecule has 0 atom stereocenters. The number of para-hydroxylation sites is 1. The van der Waals surface area contributed by atoms with Gasteiger partial charge in [-0.1, -0.05) is 253 Å². The minimum absolute atomic E-state index is 0. The maximum absolute atomic E-state index is 11.0. The fourth-order valence-corrected chi connectivity index (χ4v) is 15.9. The third-order valence-electron chi connectivity index (χ3n) is 16.2. The molecule has 0 unspecified atom stereocenters. The van der Waals surface area contributed by atoms with E-state index in [0.717, 1.165) is 69.9 Å². The molecular weight excluding hydrogens is 1340 g/mol. The molecule has 0 fully saturated rings. The molecule has 0 radical (unpaired) electrons. The standard InChI is InChI=1S/C87H76N4OSi.Pt/c1-58-27-25-28-59(2)83(58)63-42-46-78-80(51-63)89(65-31-26-32-66(54-65)92-67-43-44-72-71-39-23-24-40-77(71)91(79(72)55-67)82-49-60(3)74(56-88-82)61-29-15-11-16-30-61)57-90(78)84-73(62-41-45-75-76(50-62)87(9,10)48-47-86(75,7)8)52-64(85(4,5)6)53-81(84)93(68-33-17-12-18-34-68,69-35-19-13-20-36-69)70-37-21-14-22-38-70;/h11-46,49-53,56H,47-48H2,1-10H3;/q-2;/i1D3,2D3,3D3,7D3,8D3,9D3,10D3,11D,12D,13D,14D,15D,16D,17D,18D,19D,20D,21D,22D,29D,30D,33D,34D,35D,36D,37D,38D,41D,45D,47D2,48D2,50D;. The predicted octanol–water partition coefficient (Wildman–Crippen LogP) is 18.5. The van der Waals surface area contributed by atoms with Crippen LogP contribution >= 0.6 is 0 Å². The van der Waals surface area contributed by atoms with E-state index in [1.54, 1.807) is 30.3 Å². The Hall–Kier alpha value is -9.45. The molecule has 3 aromatic heterocycles. The number of ether oxygens (including phenoxy) is 1. The summed E-state index contributed by atoms with van der Waals surface area (Å²) in [4.78, 5) is 4.64. The molecule has 466 valence electrons. The minimum Gasteiger partial charge on any atom is -0.510 e. The summed E-state index contributed by atoms with van der Waals surface area (Å²) in [6.07, 6.45) is -5.81. The summed E-state index contributed by atoms with van der Waals surface area (Å²) in [6.45, 7) is -24.1. The van der Waals surface area contributed by atoms with Crippen molar-refractivity contribution in [1.29, 1.82) is 0 Å². The second kappa shape index (κ2) is 24.1. The molecule has 94 heavy (non-hydrogen) atoms. The molecule has 3 heterocycles. The van der Waals surface area contributed by atoms with E-state index in [4.69, 9.17) is 28.0 Å². The molecule has 0 N–H and O–H groups in total. The van der Waals surface area contributed by atoms with E-state index in [1.807, 2.05) is 0 Å². The van der Waals surface area contributed by atoms with Crippen LogP contribution in [0.25, 0.3) is 83.4 Å². The van der Waals surface area contributed by atoms with Gasteiger partial charge in [0.15, 0.2) is 8.07 Å². The summed E-state index contributed by atoms with van der Waals surface area (Å²) in [5.41, 5.74) is -23.8. The van der Waals surface area contributed by atoms with Gasteiger partial charge in [-0.05, 0) is 161 Å². The van der Waals surface area contributed by atoms with Crippen molar-refractivity contribution in [2.45, 2.75) is 97.7 Å². The zero-order valence-electron chi connectivity index (χ0n) is 97.5. The first-order valence-corrected chi connectivity index (χ1v) is 30.6. The average molecular weight is 1470 g/mol. The van der Waals surface area contributed by atoms with Gasteiger partial charge in [0.25, 0.3) is 6.33 Å². The van der Waals surface area contributed by atoms with Crippen molar-refractivity contribution < 1.29 is 96.2 Å². The Balaban J connectivity index is 0.0000160. The second-order valence-corrected chi connectivity index (χ2v) is 26.4. The minimum atomic E-state index is -7.00. The van der Waals surface area contributed by atoms with E-state index >= 15 is 0 Å². The van der Waals surface area contributed by atoms with Crippen molar-refractivity contribution in [3.05, 3.63) is 306 Å². The third kappa shape index (κ3) is 10.7. The maximum atomic E-state index is 11.0. The molecule has 7 heteroatoms. The number of aromatic nitrogens is 4. The molecule has 0 spiro atoms. The molecule has 0 saturated carbocycles. The van der Waals surface area contributed by atoms with Crippen molar-refractivity contribution >= 4 is 61.7 Å². The first-order chi connectivity index (χ1) is 64.7. The van der Waals surface area contributed by atoms with E-state index in [2.05, 4.69) is 23.4 Å². The number of nitrogens with zero attached hydrogens (tertiary/aromatic N) is 4. The van der Waals surface area contributed by atoms with Crippen LogP contribution in [0, 0.1) is 39.0 Å². The van der Waals surface area contributed by atoms with Crippen LogP contribution in [0.1, 0.15) is 160 Å². The molecule has 0 saturated heterocycles. The van der Waals surface area contributed by atoms with Crippen LogP contribution in [-0.4, -0.2) is 22.2 Å². The fourth-order valence-electron chi connectivity index (χ4n) is 11.8. The molecule has 11 aromatic carbocycles. The molecule has 0 bridgehead atoms. The number of aryl methyl sites for hydroxylation is 3. The zero-order chi connectivity index (χ0) is 105. The normalized spacial score (nSPS) is 23.0. The van der Waals surface area contributed by atoms with Crippen LogP contribution in [0.4, 0.5) is 0 Å². The Morgan fingerprint density at radius 2 is 1.21 bits per heavy atom. The van der Waals surface area contributed by atoms with Crippen molar-refractivity contribution in [3.63, 3.8) is 0 Å². The van der Waals surface area contributed by atoms with Gasteiger partial charge in [0, 0.05) is 84.1 Å². The molecule has 0 amide bonds. The topological polar surface area (TPSA) is 35.9 Å². The van der Waals surface area contributed by atoms with Gasteiger partial charge >= 0.3 is 0 Å². The number of benzene rings is 11. The van der Waals surface area contributed by atoms with Gasteiger partial charge in [0.2, 0.25) is 0 Å². The van der Waals surface area contributed by atoms with Gasteiger partial charge in [-0.25, -0.2) is 4.98 Å². The molecule has 1 aliphatic carbocycles. The first kappa shape index (κ1) is 27.9. The zero-order valence-corrected chi connectivity index (χ0v) is 52.8. The van der Waals surface area contributed by atoms with E-state index in [1.165, 1.54) is 49.6 Å². The smallest absolute Gasteiger partial charge is 0.268 e. The summed E-state index contributed by atoms with van der Waals surface area (Å²) in [5, 5.41) is -3.90. The quantitative estimate of drug-likeness (QED) is 0.0529. The summed E-state index contributed by atoms with van der Waals surface area (Å²) in [6, 6.07) is -0.0830. The molecule has 5 nitrogen and oxygen atoms in total. The Kier molecular flexibility index (Phi) is 7.16. The van der Waals surface area contributed by atoms with E-state index < -0.39 is 312 Å². The maximum Gasteiger partial charge on any atom is 0.268 e. The Morgan fingerprint density at radius 3 is 1.87 bits per heavy atom. The van der Waals surface area contributed by atoms with Crippen molar-refractivity contribution in [3.8, 4) is 62.1 Å². The first-order valence-electron chi connectivity index (χ1n) is 52.6. The van der Waals surface area contributed by atoms with E-state index in [0.29, 0.717) is 16.3 Å². The SMILES string of the molecule is [2H]c1c([2H])c([2H])c(-c2cnc(-n3c4[c-]c(Oc5[c-]c(-n6[c-][n+](-c7c(-c8c([2H])c([2H])c9c(c8[2H])C(C([2H])([2H])[2H])(C([2H])([2H])[2H])C([2H])([2H])C([2H])([2H])C9(C([2H])([2H])[2H])C([2H])([2H])[2H])cc(C(C)(C)C)cc7[Si](c7c([2H])c([2H])c([2H])c([2H])c7[2H])(c7c([2H])c([2H])c([2H])c([2H])c7[2H])c7c([2H])c([2H])c([2H])c([2H])c7[2H])c7ccc(-c8c(C([2H])([2H])[2H])cccc8C([2H])([2H])[2H])cc76)ccc5)ccc4c4ccccc43)cc2C([2H])([2H])[2H])c([2H])c1[2H].[Pt]. The van der Waals surface area contributed by atoms with Crippen molar-refractivity contribution in [2.24, 2.45) is 0 Å². The largest absolute Gasteiger partial charge is 0.510 e. The number of rotatable bonds is 12. The Labute approximate surface area is 636 Å². The van der Waals surface area contributed by atoms with Crippen molar-refractivity contribution in [2.75, 3.05) is 0 Å². The van der Waals surface area contributed by atoms with Crippen LogP contribution in [-0.2, 0) is 37.3 Å². The van der Waals surface area contributed by atoms with E-state index in [9.17, 15) is 42.5 Å². The summed E-state index contributed by atoms with van der Waals surface area (Å²) in [5.74, 6) is -0.633. The van der Waals surface area contributed by atoms with Crippen LogP contribution in [0.3, 0.4) is 0 Å². The molecule has 15 rings (SSSR count). The summed E-state index contributed by atoms with van der Waals surface area (Å²) >= 11 is 0. The molecule has 1 aliphatic rings. The predicted molar refractivity (Wildman–Crippen MR) is 388 cm³/mol. The molecule has 0 aliphatic heterocycles. The van der Waals surface area contributed by atoms with Crippen LogP contribution in [0.15, 0.2) is 254 Å². The van der Waals surface area contributed by atoms with Gasteiger partial charge in [-0.3, -0.25) is 4.57 Å². The number of hydrogen-bond donors (Lipinski definition) is 0. The monoisotopic (exact) mass is 1460 g/mol. The van der Waals surface area contributed by atoms with Gasteiger partial charge in [-0.2, -0.15) is 18.2 Å². The van der Waals surface area contributed by atoms with Gasteiger partial charge in [0.1, 0.15) is 5.82 Å². The van der Waals surface area contributed by atoms with Gasteiger partial charge in [0.05, 0.1) is 48.2 Å². The molecule has 14 aromatic rings. The van der Waals surface area contributed by atoms with Gasteiger partial charge < -0.3 is 13.9 Å². The summed E-state index contributed by atoms with van der Waals surface area (Å²) < 4.78 is 464. The average Bonchev–Trinajstić information content (AvgIpc) is 0.693. The Bertz CT molecular complexity index is 7350. The molecular formula is C87H76N4OPtSi-2. The van der Waals surface area contributed by atoms with E-state index in [-0.39, 0.29) is 66.3 Å². The number of imidazole rings is 1. The van der Waals surface area contributed by atoms with Crippen LogP contribution in [0.5, 0.6) is 11.5 Å². The van der Waals surface area contributed by atoms with Crippen LogP contribution in [0.2, 0.25) is 0 Å². The Morgan fingerprint density at radius 1 is 0.574 bits per heavy atom. The van der Waals surface area contributed by atoms with Crippen molar-refractivity contribution in [1.82, 2.24) is 14.1 Å². The second-order valence-electron chi connectivity index (χ2n) is 22.9. The third-order valence-corrected chi connectivity index (χ3v) is 20.4. The number of pyridine rings is 1. The number of hydrogen-bond acceptors (Lipinski definition) is 2. The van der Waals surface area contributed by atoms with Gasteiger partial charge in [-0.15, -0.1) is 29.7 Å². The van der Waals surface area contributed by atoms with Crippen LogP contribution < -0.4 is 30.1 Å². The fraction of sp³-hybridized carbons (Fsp3) is 0.172. The number of fused-ring (bicyclic) bond motifs is 5. The summed E-state index contributed by atoms with van der Waals surface area (Å²) in [7, 11) is -7.00.